The molecule has 0 saturated carbocycles. The van der Waals surface area contributed by atoms with Crippen molar-refractivity contribution >= 4 is 44.8 Å². The van der Waals surface area contributed by atoms with Crippen molar-refractivity contribution in [2.75, 3.05) is 27.3 Å². The van der Waals surface area contributed by atoms with E-state index in [2.05, 4.69) is 0 Å². The number of ether oxygens (including phenoxy) is 2. The third kappa shape index (κ3) is 5.09. The van der Waals surface area contributed by atoms with E-state index < -0.39 is 11.2 Å². The van der Waals surface area contributed by atoms with E-state index in [1.807, 2.05) is 13.8 Å². The van der Waals surface area contributed by atoms with Gasteiger partial charge in [-0.2, -0.15) is 0 Å². The zero-order valence-electron chi connectivity index (χ0n) is 22.2. The molecule has 0 unspecified atom stereocenters. The minimum absolute atomic E-state index is 0.185. The summed E-state index contributed by atoms with van der Waals surface area (Å²) in [5.74, 6) is 0.108. The number of benzene rings is 2. The number of amides is 1. The molecule has 0 radical (unpaired) electrons. The van der Waals surface area contributed by atoms with Crippen LogP contribution in [0.25, 0.3) is 15.9 Å². The quantitative estimate of drug-likeness (QED) is 0.274. The zero-order valence-corrected chi connectivity index (χ0v) is 23.8. The monoisotopic (exact) mass is 569 g/mol. The maximum atomic E-state index is 14.0. The molecule has 0 aliphatic heterocycles. The number of aryl methyl sites for hydroxylation is 1. The molecule has 4 aromatic rings. The molecular formula is C28H28ClN3O6S. The van der Waals surface area contributed by atoms with Gasteiger partial charge >= 0.3 is 5.69 Å². The molecule has 0 aliphatic carbocycles. The van der Waals surface area contributed by atoms with Crippen LogP contribution in [0.1, 0.15) is 39.4 Å². The second kappa shape index (κ2) is 11.5. The normalized spacial score (nSPS) is 11.0. The molecule has 1 amide bonds. The second-order valence-electron chi connectivity index (χ2n) is 8.69. The molecule has 2 aromatic carbocycles. The number of hydrogen-bond donors (Lipinski definition) is 0. The van der Waals surface area contributed by atoms with Gasteiger partial charge in [-0.15, -0.1) is 11.3 Å². The fourth-order valence-corrected chi connectivity index (χ4v) is 5.78. The van der Waals surface area contributed by atoms with E-state index in [4.69, 9.17) is 21.1 Å². The average molecular weight is 570 g/mol. The van der Waals surface area contributed by atoms with Gasteiger partial charge in [0.2, 0.25) is 0 Å². The molecule has 0 aliphatic rings. The molecule has 9 nitrogen and oxygen atoms in total. The van der Waals surface area contributed by atoms with Crippen molar-refractivity contribution in [2.45, 2.75) is 27.3 Å². The third-order valence-electron chi connectivity index (χ3n) is 6.55. The van der Waals surface area contributed by atoms with Crippen molar-refractivity contribution in [1.82, 2.24) is 14.0 Å². The Kier molecular flexibility index (Phi) is 8.27. The van der Waals surface area contributed by atoms with E-state index in [-0.39, 0.29) is 39.9 Å². The number of Topliss-reactive ketones (excluding diaryl/α,β-unsaturated/α-hetero) is 1. The van der Waals surface area contributed by atoms with Crippen molar-refractivity contribution < 1.29 is 19.1 Å². The highest BCUT2D eigenvalue weighted by Crippen LogP contribution is 2.31. The van der Waals surface area contributed by atoms with Crippen LogP contribution in [0.2, 0.25) is 5.02 Å². The fourth-order valence-electron chi connectivity index (χ4n) is 4.40. The Morgan fingerprint density at radius 1 is 1.00 bits per heavy atom. The van der Waals surface area contributed by atoms with Crippen LogP contribution in [0.4, 0.5) is 0 Å². The van der Waals surface area contributed by atoms with Crippen molar-refractivity contribution in [2.24, 2.45) is 0 Å². The van der Waals surface area contributed by atoms with Gasteiger partial charge in [0.15, 0.2) is 5.78 Å². The molecular weight excluding hydrogens is 542 g/mol. The lowest BCUT2D eigenvalue weighted by Gasteiger charge is -2.17. The number of aromatic nitrogens is 2. The first-order valence-electron chi connectivity index (χ1n) is 12.3. The van der Waals surface area contributed by atoms with E-state index in [1.54, 1.807) is 54.3 Å². The highest BCUT2D eigenvalue weighted by atomic mass is 35.5. The summed E-state index contributed by atoms with van der Waals surface area (Å²) in [7, 11) is 2.91. The number of fused-ring (bicyclic) bond motifs is 1. The first-order valence-corrected chi connectivity index (χ1v) is 13.5. The summed E-state index contributed by atoms with van der Waals surface area (Å²) in [6, 6.07) is 11.0. The van der Waals surface area contributed by atoms with Gasteiger partial charge in [0, 0.05) is 29.7 Å². The predicted octanol–water partition coefficient (Wildman–Crippen LogP) is 4.56. The number of carbonyl (C=O) groups is 2. The number of halogens is 1. The van der Waals surface area contributed by atoms with Crippen LogP contribution in [0.3, 0.4) is 0 Å². The Morgan fingerprint density at radius 3 is 2.26 bits per heavy atom. The Labute approximate surface area is 233 Å². The van der Waals surface area contributed by atoms with Gasteiger partial charge in [-0.3, -0.25) is 19.0 Å². The minimum Gasteiger partial charge on any atom is -0.497 e. The van der Waals surface area contributed by atoms with Gasteiger partial charge in [0.1, 0.15) is 16.3 Å². The first-order chi connectivity index (χ1) is 18.7. The molecule has 0 spiro atoms. The maximum Gasteiger partial charge on any atom is 0.337 e. The fraction of sp³-hybridized carbons (Fsp3) is 0.286. The molecule has 2 heterocycles. The van der Waals surface area contributed by atoms with Crippen LogP contribution in [-0.4, -0.2) is 53.0 Å². The van der Waals surface area contributed by atoms with Gasteiger partial charge in [0.05, 0.1) is 36.7 Å². The molecule has 204 valence electrons. The Morgan fingerprint density at radius 2 is 1.67 bits per heavy atom. The largest absolute Gasteiger partial charge is 0.497 e. The number of thiophene rings is 1. The molecule has 39 heavy (non-hydrogen) atoms. The molecule has 0 atom stereocenters. The zero-order chi connectivity index (χ0) is 28.4. The summed E-state index contributed by atoms with van der Waals surface area (Å²) in [5, 5.41) is 0.663. The van der Waals surface area contributed by atoms with Gasteiger partial charge in [-0.1, -0.05) is 11.6 Å². The lowest BCUT2D eigenvalue weighted by Crippen LogP contribution is -2.40. The molecule has 0 saturated heterocycles. The number of ketones is 1. The number of nitrogens with zero attached hydrogens (tertiary/aromatic N) is 3. The third-order valence-corrected chi connectivity index (χ3v) is 8.11. The molecule has 4 rings (SSSR count). The van der Waals surface area contributed by atoms with E-state index in [0.29, 0.717) is 39.9 Å². The second-order valence-corrected chi connectivity index (χ2v) is 10.1. The Balaban J connectivity index is 2.04. The van der Waals surface area contributed by atoms with Crippen molar-refractivity contribution in [3.63, 3.8) is 0 Å². The predicted molar refractivity (Wildman–Crippen MR) is 153 cm³/mol. The highest BCUT2D eigenvalue weighted by molar-refractivity contribution is 7.20. The number of methoxy groups -OCH3 is 2. The number of rotatable bonds is 9. The molecule has 11 heteroatoms. The van der Waals surface area contributed by atoms with Crippen LogP contribution in [0.5, 0.6) is 11.5 Å². The summed E-state index contributed by atoms with van der Waals surface area (Å²) < 4.78 is 13.0. The van der Waals surface area contributed by atoms with Crippen LogP contribution >= 0.6 is 22.9 Å². The van der Waals surface area contributed by atoms with Gasteiger partial charge in [-0.25, -0.2) is 9.36 Å². The molecule has 0 N–H and O–H groups in total. The standard InChI is InChI=1S/C28H28ClN3O6S/c1-6-30(7-2)26(35)24-16(3)23-25(34)32(20-13-12-19(37-4)14-22(20)38-5)28(36)31(27(23)39-24)15-21(33)17-8-10-18(29)11-9-17/h8-14H,6-7,15H2,1-5H3. The Hall–Kier alpha value is -3.89. The lowest BCUT2D eigenvalue weighted by molar-refractivity contribution is 0.0777. The van der Waals surface area contributed by atoms with E-state index >= 15 is 0 Å². The summed E-state index contributed by atoms with van der Waals surface area (Å²) >= 11 is 7.02. The van der Waals surface area contributed by atoms with Gasteiger partial charge in [-0.05, 0) is 62.7 Å². The molecule has 0 bridgehead atoms. The van der Waals surface area contributed by atoms with Gasteiger partial charge in [0.25, 0.3) is 11.5 Å². The SMILES string of the molecule is CCN(CC)C(=O)c1sc2c(c1C)c(=O)n(-c1ccc(OC)cc1OC)c(=O)n2CC(=O)c1ccc(Cl)cc1. The van der Waals surface area contributed by atoms with E-state index in [0.717, 1.165) is 15.9 Å². The molecule has 2 aromatic heterocycles. The van der Waals surface area contributed by atoms with Crippen molar-refractivity contribution in [1.29, 1.82) is 0 Å². The van der Waals surface area contributed by atoms with Crippen molar-refractivity contribution in [3.8, 4) is 17.2 Å². The smallest absolute Gasteiger partial charge is 0.337 e. The Bertz CT molecular complexity index is 1680. The topological polar surface area (TPSA) is 99.8 Å². The lowest BCUT2D eigenvalue weighted by atomic mass is 10.1. The van der Waals surface area contributed by atoms with Crippen LogP contribution in [0.15, 0.2) is 52.1 Å². The van der Waals surface area contributed by atoms with E-state index in [9.17, 15) is 19.2 Å². The van der Waals surface area contributed by atoms with Crippen LogP contribution in [-0.2, 0) is 6.54 Å². The first kappa shape index (κ1) is 28.1. The molecule has 0 fully saturated rings. The average Bonchev–Trinajstić information content (AvgIpc) is 3.29. The highest BCUT2D eigenvalue weighted by Gasteiger charge is 2.27. The van der Waals surface area contributed by atoms with Crippen LogP contribution < -0.4 is 20.7 Å². The number of carbonyl (C=O) groups excluding carboxylic acids is 2. The minimum atomic E-state index is -0.735. The van der Waals surface area contributed by atoms with Gasteiger partial charge < -0.3 is 14.4 Å². The van der Waals surface area contributed by atoms with E-state index in [1.165, 1.54) is 18.8 Å². The summed E-state index contributed by atoms with van der Waals surface area (Å²) in [6.45, 7) is 6.04. The van der Waals surface area contributed by atoms with Crippen molar-refractivity contribution in [3.05, 3.63) is 84.3 Å². The summed E-state index contributed by atoms with van der Waals surface area (Å²) in [4.78, 5) is 56.7. The summed E-state index contributed by atoms with van der Waals surface area (Å²) in [5.41, 5.74) is -0.356. The van der Waals surface area contributed by atoms with Crippen LogP contribution in [0, 0.1) is 6.92 Å². The summed E-state index contributed by atoms with van der Waals surface area (Å²) in [6.07, 6.45) is 0. The maximum absolute atomic E-state index is 14.0. The number of hydrogen-bond acceptors (Lipinski definition) is 7.